The number of hydrogen-bond acceptors (Lipinski definition) is 6. The Labute approximate surface area is 377 Å². The molecule has 6 nitrogen and oxygen atoms in total. The second-order valence-electron chi connectivity index (χ2n) is 17.1. The van der Waals surface area contributed by atoms with Crippen LogP contribution in [0.4, 0.5) is 0 Å². The van der Waals surface area contributed by atoms with Crippen molar-refractivity contribution in [3.8, 4) is 0 Å². The summed E-state index contributed by atoms with van der Waals surface area (Å²) in [6.07, 6.45) is 60.6. The normalized spacial score (nSPS) is 12.5. The Kier molecular flexibility index (Phi) is 47.4. The first-order valence-corrected chi connectivity index (χ1v) is 25.8. The molecule has 0 aliphatic carbocycles. The highest BCUT2D eigenvalue weighted by molar-refractivity contribution is 5.71. The van der Waals surface area contributed by atoms with E-state index in [-0.39, 0.29) is 37.5 Å². The van der Waals surface area contributed by atoms with Gasteiger partial charge in [-0.25, -0.2) is 0 Å². The van der Waals surface area contributed by atoms with Crippen LogP contribution in [0.2, 0.25) is 0 Å². The first-order chi connectivity index (χ1) is 30.0. The molecular formula is C55H96O6. The Morgan fingerprint density at radius 2 is 0.639 bits per heavy atom. The zero-order valence-electron chi connectivity index (χ0n) is 40.2. The molecule has 0 saturated heterocycles. The smallest absolute Gasteiger partial charge is 0.306 e. The number of allylic oxidation sites excluding steroid dienone is 10. The monoisotopic (exact) mass is 853 g/mol. The molecule has 61 heavy (non-hydrogen) atoms. The minimum atomic E-state index is -0.796. The third kappa shape index (κ3) is 48.0. The summed E-state index contributed by atoms with van der Waals surface area (Å²) in [6.45, 7) is 6.47. The molecule has 0 aromatic carbocycles. The van der Waals surface area contributed by atoms with E-state index in [4.69, 9.17) is 14.2 Å². The predicted molar refractivity (Wildman–Crippen MR) is 261 cm³/mol. The van der Waals surface area contributed by atoms with Gasteiger partial charge in [-0.1, -0.05) is 210 Å². The largest absolute Gasteiger partial charge is 0.462 e. The average Bonchev–Trinajstić information content (AvgIpc) is 3.26. The van der Waals surface area contributed by atoms with Gasteiger partial charge in [0.1, 0.15) is 13.2 Å². The maximum absolute atomic E-state index is 12.8. The summed E-state index contributed by atoms with van der Waals surface area (Å²) in [5.74, 6) is -0.938. The van der Waals surface area contributed by atoms with Crippen molar-refractivity contribution in [2.75, 3.05) is 13.2 Å². The molecule has 0 amide bonds. The van der Waals surface area contributed by atoms with Gasteiger partial charge in [-0.15, -0.1) is 0 Å². The van der Waals surface area contributed by atoms with Gasteiger partial charge in [-0.3, -0.25) is 14.4 Å². The van der Waals surface area contributed by atoms with Gasteiger partial charge in [0, 0.05) is 19.3 Å². The fraction of sp³-hybridized carbons (Fsp3) is 0.764. The number of ether oxygens (including phenoxy) is 3. The lowest BCUT2D eigenvalue weighted by Gasteiger charge is -2.18. The number of rotatable bonds is 46. The zero-order valence-corrected chi connectivity index (χ0v) is 40.2. The van der Waals surface area contributed by atoms with Crippen LogP contribution < -0.4 is 0 Å². The van der Waals surface area contributed by atoms with Gasteiger partial charge in [0.25, 0.3) is 0 Å². The number of unbranched alkanes of at least 4 members (excludes halogenated alkanes) is 25. The van der Waals surface area contributed by atoms with E-state index in [2.05, 4.69) is 81.5 Å². The van der Waals surface area contributed by atoms with Crippen molar-refractivity contribution in [2.24, 2.45) is 0 Å². The fourth-order valence-corrected chi connectivity index (χ4v) is 7.13. The summed E-state index contributed by atoms with van der Waals surface area (Å²) >= 11 is 0. The lowest BCUT2D eigenvalue weighted by Crippen LogP contribution is -2.30. The van der Waals surface area contributed by atoms with Crippen LogP contribution in [-0.4, -0.2) is 37.2 Å². The van der Waals surface area contributed by atoms with Gasteiger partial charge in [0.2, 0.25) is 0 Å². The van der Waals surface area contributed by atoms with Gasteiger partial charge in [0.15, 0.2) is 6.10 Å². The Morgan fingerprint density at radius 3 is 1.08 bits per heavy atom. The van der Waals surface area contributed by atoms with E-state index in [0.29, 0.717) is 19.3 Å². The summed E-state index contributed by atoms with van der Waals surface area (Å²) in [5.41, 5.74) is 0. The van der Waals surface area contributed by atoms with Crippen molar-refractivity contribution in [3.63, 3.8) is 0 Å². The highest BCUT2D eigenvalue weighted by atomic mass is 16.6. The lowest BCUT2D eigenvalue weighted by atomic mass is 10.0. The molecule has 0 spiro atoms. The Morgan fingerprint density at radius 1 is 0.344 bits per heavy atom. The summed E-state index contributed by atoms with van der Waals surface area (Å²) in [6, 6.07) is 0. The second-order valence-corrected chi connectivity index (χ2v) is 17.1. The van der Waals surface area contributed by atoms with E-state index < -0.39 is 6.10 Å². The number of hydrogen-bond donors (Lipinski definition) is 0. The molecule has 0 fully saturated rings. The molecular weight excluding hydrogens is 757 g/mol. The van der Waals surface area contributed by atoms with Crippen LogP contribution in [0.5, 0.6) is 0 Å². The van der Waals surface area contributed by atoms with Crippen LogP contribution in [0.3, 0.4) is 0 Å². The molecule has 6 heteroatoms. The highest BCUT2D eigenvalue weighted by Gasteiger charge is 2.19. The quantitative estimate of drug-likeness (QED) is 0.0263. The first-order valence-electron chi connectivity index (χ1n) is 25.8. The van der Waals surface area contributed by atoms with Crippen LogP contribution >= 0.6 is 0 Å². The van der Waals surface area contributed by atoms with Crippen LogP contribution in [-0.2, 0) is 28.6 Å². The first kappa shape index (κ1) is 58.1. The third-order valence-electron chi connectivity index (χ3n) is 11.0. The van der Waals surface area contributed by atoms with Gasteiger partial charge < -0.3 is 14.2 Å². The van der Waals surface area contributed by atoms with Crippen LogP contribution in [0.1, 0.15) is 252 Å². The van der Waals surface area contributed by atoms with E-state index in [9.17, 15) is 14.4 Å². The maximum Gasteiger partial charge on any atom is 0.306 e. The third-order valence-corrected chi connectivity index (χ3v) is 11.0. The molecule has 0 rings (SSSR count). The van der Waals surface area contributed by atoms with E-state index >= 15 is 0 Å². The van der Waals surface area contributed by atoms with Crippen LogP contribution in [0, 0.1) is 0 Å². The molecule has 0 saturated carbocycles. The lowest BCUT2D eigenvalue weighted by molar-refractivity contribution is -0.167. The number of esters is 3. The van der Waals surface area contributed by atoms with Gasteiger partial charge in [0.05, 0.1) is 0 Å². The van der Waals surface area contributed by atoms with Crippen LogP contribution in [0.25, 0.3) is 0 Å². The molecule has 0 aliphatic heterocycles. The SMILES string of the molecule is CC/C=C\C/C=C\C/C=C\C/C=C\CCCCC(=O)O[C@H](COC(=O)CCCCCCC/C=C\CCCCC)COC(=O)CCCCCCCCCCCCCCCCCC. The molecule has 0 aromatic rings. The van der Waals surface area contributed by atoms with Crippen molar-refractivity contribution in [2.45, 2.75) is 258 Å². The van der Waals surface area contributed by atoms with Crippen LogP contribution in [0.15, 0.2) is 60.8 Å². The molecule has 0 aromatic heterocycles. The van der Waals surface area contributed by atoms with E-state index in [1.807, 2.05) is 0 Å². The van der Waals surface area contributed by atoms with Gasteiger partial charge in [-0.05, 0) is 83.5 Å². The van der Waals surface area contributed by atoms with E-state index in [1.165, 1.54) is 122 Å². The fourth-order valence-electron chi connectivity index (χ4n) is 7.13. The summed E-state index contributed by atoms with van der Waals surface area (Å²) in [7, 11) is 0. The van der Waals surface area contributed by atoms with Crippen molar-refractivity contribution >= 4 is 17.9 Å². The van der Waals surface area contributed by atoms with Gasteiger partial charge >= 0.3 is 17.9 Å². The molecule has 0 N–H and O–H groups in total. The molecule has 0 bridgehead atoms. The van der Waals surface area contributed by atoms with Gasteiger partial charge in [-0.2, -0.15) is 0 Å². The topological polar surface area (TPSA) is 78.9 Å². The predicted octanol–water partition coefficient (Wildman–Crippen LogP) is 16.9. The molecule has 0 heterocycles. The van der Waals surface area contributed by atoms with E-state index in [0.717, 1.165) is 83.5 Å². The standard InChI is InChI=1S/C55H96O6/c1-4-7-10-13-16-19-22-25-27-29-30-33-36-39-42-45-48-54(57)60-51-52(50-59-53(56)47-44-41-38-35-32-24-21-18-15-12-9-6-3)61-55(58)49-46-43-40-37-34-31-28-26-23-20-17-14-11-8-5-2/h8,11,17-18,20-21,26,28,34,37,52H,4-7,9-10,12-16,19,22-25,27,29-33,35-36,38-51H2,1-3H3/b11-8-,20-17-,21-18-,28-26-,37-34-/t52-/m1/s1. The Hall–Kier alpha value is -2.89. The summed E-state index contributed by atoms with van der Waals surface area (Å²) in [4.78, 5) is 37.9. The minimum absolute atomic E-state index is 0.0916. The minimum Gasteiger partial charge on any atom is -0.462 e. The van der Waals surface area contributed by atoms with Crippen molar-refractivity contribution in [1.82, 2.24) is 0 Å². The van der Waals surface area contributed by atoms with Crippen molar-refractivity contribution in [3.05, 3.63) is 60.8 Å². The molecule has 0 radical (unpaired) electrons. The average molecular weight is 853 g/mol. The van der Waals surface area contributed by atoms with Crippen molar-refractivity contribution in [1.29, 1.82) is 0 Å². The molecule has 352 valence electrons. The van der Waals surface area contributed by atoms with E-state index in [1.54, 1.807) is 0 Å². The molecule has 0 unspecified atom stereocenters. The molecule has 0 aliphatic rings. The highest BCUT2D eigenvalue weighted by Crippen LogP contribution is 2.15. The Balaban J connectivity index is 4.42. The Bertz CT molecular complexity index is 1120. The second kappa shape index (κ2) is 49.8. The number of carbonyl (C=O) groups is 3. The molecule has 1 atom stereocenters. The summed E-state index contributed by atoms with van der Waals surface area (Å²) < 4.78 is 16.7. The number of carbonyl (C=O) groups excluding carboxylic acids is 3. The maximum atomic E-state index is 12.8. The van der Waals surface area contributed by atoms with Crippen molar-refractivity contribution < 1.29 is 28.6 Å². The summed E-state index contributed by atoms with van der Waals surface area (Å²) in [5, 5.41) is 0. The zero-order chi connectivity index (χ0) is 44.4.